The van der Waals surface area contributed by atoms with Gasteiger partial charge in [-0.25, -0.2) is 0 Å². The summed E-state index contributed by atoms with van der Waals surface area (Å²) in [4.78, 5) is 2.25. The van der Waals surface area contributed by atoms with Gasteiger partial charge in [-0.3, -0.25) is 0 Å². The number of rotatable bonds is 1. The van der Waals surface area contributed by atoms with Crippen molar-refractivity contribution in [2.24, 2.45) is 10.1 Å². The van der Waals surface area contributed by atoms with E-state index in [0.717, 1.165) is 0 Å². The molecule has 1 aromatic rings. The van der Waals surface area contributed by atoms with Crippen LogP contribution in [0.5, 0.6) is 0 Å². The van der Waals surface area contributed by atoms with Crippen molar-refractivity contribution in [2.75, 3.05) is 19.7 Å². The summed E-state index contributed by atoms with van der Waals surface area (Å²) in [7, 11) is -3.58. The molecule has 3 rings (SSSR count). The van der Waals surface area contributed by atoms with Gasteiger partial charge in [-0.2, -0.15) is 8.42 Å². The van der Waals surface area contributed by atoms with Crippen LogP contribution in [0.2, 0.25) is 0 Å². The fraction of sp³-hybridized carbons (Fsp3) is 0.462. The van der Waals surface area contributed by atoms with Gasteiger partial charge >= 0.3 is 0 Å². The lowest BCUT2D eigenvalue weighted by molar-refractivity contribution is -0.0268. The van der Waals surface area contributed by atoms with Crippen molar-refractivity contribution >= 4 is 15.9 Å². The van der Waals surface area contributed by atoms with Gasteiger partial charge < -0.3 is 15.4 Å². The van der Waals surface area contributed by atoms with E-state index in [2.05, 4.69) is 4.40 Å². The first-order chi connectivity index (χ1) is 9.53. The van der Waals surface area contributed by atoms with Crippen molar-refractivity contribution in [3.8, 4) is 0 Å². The van der Waals surface area contributed by atoms with E-state index in [4.69, 9.17) is 10.5 Å². The number of nitrogens with zero attached hydrogens (tertiary/aromatic N) is 2. The quantitative estimate of drug-likeness (QED) is 0.799. The molecular weight excluding hydrogens is 278 g/mol. The minimum atomic E-state index is -3.58. The Morgan fingerprint density at radius 1 is 1.45 bits per heavy atom. The molecule has 2 unspecified atom stereocenters. The molecule has 2 heterocycles. The third kappa shape index (κ3) is 2.11. The Kier molecular flexibility index (Phi) is 3.27. The third-order valence-electron chi connectivity index (χ3n) is 3.65. The first-order valence-electron chi connectivity index (χ1n) is 6.55. The predicted molar refractivity (Wildman–Crippen MR) is 75.1 cm³/mol. The average molecular weight is 295 g/mol. The fourth-order valence-electron chi connectivity index (χ4n) is 2.55. The van der Waals surface area contributed by atoms with E-state index in [1.54, 1.807) is 18.2 Å². The van der Waals surface area contributed by atoms with E-state index in [0.29, 0.717) is 31.1 Å². The van der Waals surface area contributed by atoms with Crippen molar-refractivity contribution in [3.63, 3.8) is 0 Å². The number of amidine groups is 1. The highest BCUT2D eigenvalue weighted by Gasteiger charge is 2.36. The fourth-order valence-corrected chi connectivity index (χ4v) is 3.77. The second-order valence-corrected chi connectivity index (χ2v) is 6.65. The Morgan fingerprint density at radius 3 is 2.95 bits per heavy atom. The lowest BCUT2D eigenvalue weighted by Crippen LogP contribution is -2.52. The molecular formula is C13H17N3O3S. The van der Waals surface area contributed by atoms with Crippen LogP contribution >= 0.6 is 0 Å². The van der Waals surface area contributed by atoms with Crippen LogP contribution in [-0.4, -0.2) is 51.0 Å². The molecule has 1 fully saturated rings. The van der Waals surface area contributed by atoms with Gasteiger partial charge in [-0.15, -0.1) is 4.40 Å². The highest BCUT2D eigenvalue weighted by atomic mass is 32.2. The van der Waals surface area contributed by atoms with Crippen molar-refractivity contribution in [1.82, 2.24) is 4.90 Å². The number of nitrogens with two attached hydrogens (primary N) is 1. The highest BCUT2D eigenvalue weighted by molar-refractivity contribution is 7.90. The molecule has 1 aromatic carbocycles. The summed E-state index contributed by atoms with van der Waals surface area (Å²) < 4.78 is 33.7. The largest absolute Gasteiger partial charge is 0.373 e. The summed E-state index contributed by atoms with van der Waals surface area (Å²) in [5.41, 5.74) is 6.31. The summed E-state index contributed by atoms with van der Waals surface area (Å²) >= 11 is 0. The minimum absolute atomic E-state index is 0.0675. The second-order valence-electron chi connectivity index (χ2n) is 5.08. The Balaban J connectivity index is 2.02. The van der Waals surface area contributed by atoms with Crippen LogP contribution in [0.3, 0.4) is 0 Å². The van der Waals surface area contributed by atoms with Crippen LogP contribution in [0, 0.1) is 0 Å². The van der Waals surface area contributed by atoms with Crippen LogP contribution in [0.4, 0.5) is 0 Å². The molecule has 2 aliphatic heterocycles. The number of morpholine rings is 1. The van der Waals surface area contributed by atoms with Crippen LogP contribution in [0.25, 0.3) is 0 Å². The zero-order valence-corrected chi connectivity index (χ0v) is 12.0. The number of hydrogen-bond donors (Lipinski definition) is 1. The Bertz CT molecular complexity index is 657. The van der Waals surface area contributed by atoms with Gasteiger partial charge in [0.05, 0.1) is 18.8 Å². The van der Waals surface area contributed by atoms with E-state index < -0.39 is 10.0 Å². The summed E-state index contributed by atoms with van der Waals surface area (Å²) in [5.74, 6) is 0.509. The minimum Gasteiger partial charge on any atom is -0.373 e. The molecule has 2 N–H and O–H groups in total. The third-order valence-corrected chi connectivity index (χ3v) is 4.98. The zero-order valence-electron chi connectivity index (χ0n) is 11.2. The molecule has 0 radical (unpaired) electrons. The zero-order chi connectivity index (χ0) is 14.3. The molecule has 0 bridgehead atoms. The van der Waals surface area contributed by atoms with Crippen LogP contribution < -0.4 is 5.73 Å². The van der Waals surface area contributed by atoms with Crippen molar-refractivity contribution in [1.29, 1.82) is 0 Å². The first kappa shape index (κ1) is 13.5. The monoisotopic (exact) mass is 295 g/mol. The average Bonchev–Trinajstić information content (AvgIpc) is 2.72. The normalized spacial score (nSPS) is 28.1. The second kappa shape index (κ2) is 4.83. The van der Waals surface area contributed by atoms with Crippen LogP contribution in [0.15, 0.2) is 33.6 Å². The van der Waals surface area contributed by atoms with Gasteiger partial charge in [0.2, 0.25) is 0 Å². The van der Waals surface area contributed by atoms with Gasteiger partial charge in [0, 0.05) is 18.7 Å². The lowest BCUT2D eigenvalue weighted by atomic mass is 10.1. The molecule has 0 aromatic heterocycles. The summed E-state index contributed by atoms with van der Waals surface area (Å²) in [6.07, 6.45) is -0.0932. The first-order valence-corrected chi connectivity index (χ1v) is 7.99. The molecule has 20 heavy (non-hydrogen) atoms. The molecule has 7 heteroatoms. The number of sulfonamides is 1. The Morgan fingerprint density at radius 2 is 2.20 bits per heavy atom. The van der Waals surface area contributed by atoms with E-state index in [1.807, 2.05) is 17.9 Å². The summed E-state index contributed by atoms with van der Waals surface area (Å²) in [6.45, 7) is 3.47. The molecule has 1 saturated heterocycles. The molecule has 0 aliphatic carbocycles. The van der Waals surface area contributed by atoms with Gasteiger partial charge in [-0.1, -0.05) is 12.1 Å². The van der Waals surface area contributed by atoms with Crippen LogP contribution in [0.1, 0.15) is 12.5 Å². The highest BCUT2D eigenvalue weighted by Crippen LogP contribution is 2.29. The number of hydrogen-bond acceptors (Lipinski definition) is 5. The van der Waals surface area contributed by atoms with Crippen molar-refractivity contribution < 1.29 is 13.2 Å². The van der Waals surface area contributed by atoms with Crippen molar-refractivity contribution in [2.45, 2.75) is 24.0 Å². The van der Waals surface area contributed by atoms with Gasteiger partial charge in [-0.05, 0) is 19.1 Å². The molecule has 0 saturated carbocycles. The van der Waals surface area contributed by atoms with Crippen molar-refractivity contribution in [3.05, 3.63) is 29.8 Å². The summed E-state index contributed by atoms with van der Waals surface area (Å²) in [6, 6.07) is 6.98. The predicted octanol–water partition coefficient (Wildman–Crippen LogP) is 0.184. The molecule has 108 valence electrons. The standard InChI is InChI=1S/C13H17N3O3S/c1-9-8-19-10(6-14)7-16(9)13-11-4-2-3-5-12(11)20(17,18)15-13/h2-5,9-10H,6-8,14H2,1H3. The Labute approximate surface area is 118 Å². The van der Waals surface area contributed by atoms with Gasteiger partial charge in [0.25, 0.3) is 10.0 Å². The van der Waals surface area contributed by atoms with E-state index in [9.17, 15) is 8.42 Å². The molecule has 6 nitrogen and oxygen atoms in total. The van der Waals surface area contributed by atoms with E-state index in [-0.39, 0.29) is 17.0 Å². The molecule has 0 spiro atoms. The molecule has 2 aliphatic rings. The molecule has 0 amide bonds. The van der Waals surface area contributed by atoms with E-state index in [1.165, 1.54) is 0 Å². The topological polar surface area (TPSA) is 85.0 Å². The lowest BCUT2D eigenvalue weighted by Gasteiger charge is -2.38. The summed E-state index contributed by atoms with van der Waals surface area (Å²) in [5, 5.41) is 0. The maximum Gasteiger partial charge on any atom is 0.285 e. The van der Waals surface area contributed by atoms with Gasteiger partial charge in [0.1, 0.15) is 4.90 Å². The smallest absolute Gasteiger partial charge is 0.285 e. The Hall–Kier alpha value is -1.44. The maximum atomic E-state index is 12.1. The number of fused-ring (bicyclic) bond motifs is 1. The molecule has 2 atom stereocenters. The van der Waals surface area contributed by atoms with Gasteiger partial charge in [0.15, 0.2) is 5.84 Å². The maximum absolute atomic E-state index is 12.1. The van der Waals surface area contributed by atoms with Crippen LogP contribution in [-0.2, 0) is 14.8 Å². The SMILES string of the molecule is CC1COC(CN)CN1C1=NS(=O)(=O)c2ccccc21. The number of benzene rings is 1. The number of ether oxygens (including phenoxy) is 1. The van der Waals surface area contributed by atoms with E-state index >= 15 is 0 Å².